The largest absolute Gasteiger partial charge is 0.465 e. The van der Waals surface area contributed by atoms with Gasteiger partial charge in [-0.05, 0) is 19.3 Å². The number of amides is 1. The van der Waals surface area contributed by atoms with Crippen molar-refractivity contribution < 1.29 is 9.90 Å². The molecule has 0 aromatic rings. The summed E-state index contributed by atoms with van der Waals surface area (Å²) in [4.78, 5) is 10.1. The Morgan fingerprint density at radius 1 is 1.60 bits per heavy atom. The van der Waals surface area contributed by atoms with Crippen LogP contribution < -0.4 is 11.1 Å². The maximum Gasteiger partial charge on any atom is 0.404 e. The van der Waals surface area contributed by atoms with Crippen molar-refractivity contribution in [1.29, 1.82) is 0 Å². The van der Waals surface area contributed by atoms with Gasteiger partial charge in [0.05, 0.1) is 0 Å². The van der Waals surface area contributed by atoms with Crippen molar-refractivity contribution in [3.05, 3.63) is 0 Å². The Kier molecular flexibility index (Phi) is 2.11. The Morgan fingerprint density at radius 2 is 2.30 bits per heavy atom. The van der Waals surface area contributed by atoms with Gasteiger partial charge < -0.3 is 16.2 Å². The highest BCUT2D eigenvalue weighted by atomic mass is 16.4. The van der Waals surface area contributed by atoms with Gasteiger partial charge in [0.15, 0.2) is 0 Å². The van der Waals surface area contributed by atoms with Crippen LogP contribution in [0.15, 0.2) is 0 Å². The van der Waals surface area contributed by atoms with Gasteiger partial charge in [0, 0.05) is 12.1 Å². The highest BCUT2D eigenvalue weighted by molar-refractivity contribution is 5.65. The zero-order valence-electron chi connectivity index (χ0n) is 5.71. The second kappa shape index (κ2) is 2.88. The van der Waals surface area contributed by atoms with E-state index in [0.717, 1.165) is 19.3 Å². The molecule has 0 bridgehead atoms. The number of nitrogens with two attached hydrogens (primary N) is 1. The molecule has 1 aliphatic rings. The monoisotopic (exact) mass is 144 g/mol. The lowest BCUT2D eigenvalue weighted by Gasteiger charge is -2.13. The molecule has 0 aromatic carbocycles. The molecule has 4 nitrogen and oxygen atoms in total. The molecule has 4 N–H and O–H groups in total. The Labute approximate surface area is 59.4 Å². The molecule has 0 spiro atoms. The third-order valence-corrected chi connectivity index (χ3v) is 1.88. The predicted molar refractivity (Wildman–Crippen MR) is 36.8 cm³/mol. The molecule has 1 amide bonds. The lowest BCUT2D eigenvalue weighted by molar-refractivity contribution is 0.189. The number of rotatable bonds is 1. The second-order valence-electron chi connectivity index (χ2n) is 2.65. The third kappa shape index (κ3) is 1.60. The van der Waals surface area contributed by atoms with Gasteiger partial charge in [-0.3, -0.25) is 0 Å². The number of hydrogen-bond donors (Lipinski definition) is 3. The molecule has 1 fully saturated rings. The van der Waals surface area contributed by atoms with Gasteiger partial charge in [0.25, 0.3) is 0 Å². The number of nitrogens with one attached hydrogen (secondary N) is 1. The molecule has 1 unspecified atom stereocenters. The fourth-order valence-corrected chi connectivity index (χ4v) is 1.33. The van der Waals surface area contributed by atoms with Gasteiger partial charge in [0.2, 0.25) is 0 Å². The summed E-state index contributed by atoms with van der Waals surface area (Å²) in [7, 11) is 0. The van der Waals surface area contributed by atoms with Crippen molar-refractivity contribution in [3.8, 4) is 0 Å². The molecule has 4 heteroatoms. The van der Waals surface area contributed by atoms with E-state index in [-0.39, 0.29) is 12.1 Å². The average molecular weight is 144 g/mol. The average Bonchev–Trinajstić information content (AvgIpc) is 2.15. The summed E-state index contributed by atoms with van der Waals surface area (Å²) in [6.45, 7) is 0. The van der Waals surface area contributed by atoms with Crippen molar-refractivity contribution in [2.75, 3.05) is 0 Å². The number of carbonyl (C=O) groups is 1. The summed E-state index contributed by atoms with van der Waals surface area (Å²) in [5, 5.41) is 10.7. The van der Waals surface area contributed by atoms with Crippen LogP contribution in [-0.4, -0.2) is 23.3 Å². The Morgan fingerprint density at radius 3 is 2.70 bits per heavy atom. The number of hydrogen-bond acceptors (Lipinski definition) is 2. The van der Waals surface area contributed by atoms with E-state index >= 15 is 0 Å². The summed E-state index contributed by atoms with van der Waals surface area (Å²) >= 11 is 0. The first kappa shape index (κ1) is 7.34. The van der Waals surface area contributed by atoms with Crippen molar-refractivity contribution in [2.45, 2.75) is 31.3 Å². The Bertz CT molecular complexity index is 138. The smallest absolute Gasteiger partial charge is 0.404 e. The molecule has 0 aliphatic heterocycles. The van der Waals surface area contributed by atoms with Crippen molar-refractivity contribution in [2.24, 2.45) is 5.73 Å². The standard InChI is InChI=1S/C6H12N2O2/c7-4-2-1-3-5(4)8-6(9)10/h4-5,8H,1-3,7H2,(H,9,10)/t4-,5?/m0/s1. The summed E-state index contributed by atoms with van der Waals surface area (Å²) in [6.07, 6.45) is 1.88. The van der Waals surface area contributed by atoms with Gasteiger partial charge in [-0.15, -0.1) is 0 Å². The normalized spacial score (nSPS) is 32.1. The minimum atomic E-state index is -0.970. The fraction of sp³-hybridized carbons (Fsp3) is 0.833. The molecule has 58 valence electrons. The molecule has 1 aliphatic carbocycles. The first-order chi connectivity index (χ1) is 4.70. The Hall–Kier alpha value is -0.770. The topological polar surface area (TPSA) is 75.3 Å². The van der Waals surface area contributed by atoms with E-state index < -0.39 is 6.09 Å². The van der Waals surface area contributed by atoms with Gasteiger partial charge in [-0.2, -0.15) is 0 Å². The Balaban J connectivity index is 2.33. The minimum absolute atomic E-state index is 0.0162. The van der Waals surface area contributed by atoms with Crippen LogP contribution in [0.2, 0.25) is 0 Å². The highest BCUT2D eigenvalue weighted by Crippen LogP contribution is 2.16. The minimum Gasteiger partial charge on any atom is -0.465 e. The lowest BCUT2D eigenvalue weighted by atomic mass is 10.2. The molecular formula is C6H12N2O2. The van der Waals surface area contributed by atoms with Gasteiger partial charge >= 0.3 is 6.09 Å². The van der Waals surface area contributed by atoms with Crippen LogP contribution >= 0.6 is 0 Å². The first-order valence-electron chi connectivity index (χ1n) is 3.45. The van der Waals surface area contributed by atoms with Crippen LogP contribution in [0.5, 0.6) is 0 Å². The number of carboxylic acid groups (broad SMARTS) is 1. The highest BCUT2D eigenvalue weighted by Gasteiger charge is 2.24. The summed E-state index contributed by atoms with van der Waals surface area (Å²) in [5.41, 5.74) is 5.60. The van der Waals surface area contributed by atoms with E-state index in [2.05, 4.69) is 5.32 Å². The third-order valence-electron chi connectivity index (χ3n) is 1.88. The maximum absolute atomic E-state index is 10.1. The van der Waals surface area contributed by atoms with E-state index in [1.165, 1.54) is 0 Å². The fourth-order valence-electron chi connectivity index (χ4n) is 1.33. The molecule has 0 heterocycles. The molecular weight excluding hydrogens is 132 g/mol. The van der Waals surface area contributed by atoms with E-state index in [1.807, 2.05) is 0 Å². The van der Waals surface area contributed by atoms with Crippen LogP contribution in [0.3, 0.4) is 0 Å². The van der Waals surface area contributed by atoms with E-state index in [4.69, 9.17) is 10.8 Å². The summed E-state index contributed by atoms with van der Waals surface area (Å²) < 4.78 is 0. The van der Waals surface area contributed by atoms with Crippen molar-refractivity contribution in [1.82, 2.24) is 5.32 Å². The van der Waals surface area contributed by atoms with E-state index in [0.29, 0.717) is 0 Å². The second-order valence-corrected chi connectivity index (χ2v) is 2.65. The zero-order valence-corrected chi connectivity index (χ0v) is 5.71. The van der Waals surface area contributed by atoms with E-state index in [1.54, 1.807) is 0 Å². The van der Waals surface area contributed by atoms with Crippen LogP contribution in [0.4, 0.5) is 4.79 Å². The first-order valence-corrected chi connectivity index (χ1v) is 3.45. The predicted octanol–water partition coefficient (Wildman–Crippen LogP) is 0.134. The molecule has 2 atom stereocenters. The van der Waals surface area contributed by atoms with Crippen LogP contribution in [0.1, 0.15) is 19.3 Å². The summed E-state index contributed by atoms with van der Waals surface area (Å²) in [6, 6.07) is 0.00796. The molecule has 1 rings (SSSR count). The van der Waals surface area contributed by atoms with Gasteiger partial charge in [-0.1, -0.05) is 0 Å². The molecule has 0 saturated heterocycles. The van der Waals surface area contributed by atoms with Crippen molar-refractivity contribution in [3.63, 3.8) is 0 Å². The van der Waals surface area contributed by atoms with Crippen LogP contribution in [0.25, 0.3) is 0 Å². The summed E-state index contributed by atoms with van der Waals surface area (Å²) in [5.74, 6) is 0. The van der Waals surface area contributed by atoms with Gasteiger partial charge in [-0.25, -0.2) is 4.79 Å². The van der Waals surface area contributed by atoms with E-state index in [9.17, 15) is 4.79 Å². The lowest BCUT2D eigenvalue weighted by Crippen LogP contribution is -2.43. The molecule has 10 heavy (non-hydrogen) atoms. The zero-order chi connectivity index (χ0) is 7.56. The van der Waals surface area contributed by atoms with Crippen molar-refractivity contribution >= 4 is 6.09 Å². The van der Waals surface area contributed by atoms with Gasteiger partial charge in [0.1, 0.15) is 0 Å². The molecule has 0 aromatic heterocycles. The van der Waals surface area contributed by atoms with Crippen LogP contribution in [0, 0.1) is 0 Å². The quantitative estimate of drug-likeness (QED) is 0.489. The SMILES string of the molecule is N[C@H]1CCCC1NC(=O)O. The van der Waals surface area contributed by atoms with Crippen LogP contribution in [-0.2, 0) is 0 Å². The maximum atomic E-state index is 10.1. The molecule has 0 radical (unpaired) electrons. The molecule has 1 saturated carbocycles.